The number of carbonyl (C=O) groups excluding carboxylic acids is 1. The molecule has 0 atom stereocenters. The van der Waals surface area contributed by atoms with Gasteiger partial charge in [0.2, 0.25) is 5.91 Å². The van der Waals surface area contributed by atoms with E-state index in [2.05, 4.69) is 10.4 Å². The third kappa shape index (κ3) is 3.92. The SMILES string of the molecule is Cc1ccc(C)c(NC(=O)CCn2[nH]c(=O)ccc2=O)c1. The van der Waals surface area contributed by atoms with Crippen LogP contribution in [-0.4, -0.2) is 15.7 Å². The molecular formula is C15H17N3O3. The number of aromatic nitrogens is 2. The molecule has 0 spiro atoms. The number of aromatic amines is 1. The van der Waals surface area contributed by atoms with Gasteiger partial charge in [-0.3, -0.25) is 19.5 Å². The highest BCUT2D eigenvalue weighted by atomic mass is 16.2. The smallest absolute Gasteiger partial charge is 0.265 e. The lowest BCUT2D eigenvalue weighted by Gasteiger charge is -2.10. The number of nitrogens with one attached hydrogen (secondary N) is 2. The fourth-order valence-electron chi connectivity index (χ4n) is 1.92. The van der Waals surface area contributed by atoms with E-state index in [0.29, 0.717) is 0 Å². The molecule has 1 aromatic carbocycles. The van der Waals surface area contributed by atoms with Crippen LogP contribution in [0.3, 0.4) is 0 Å². The van der Waals surface area contributed by atoms with Crippen LogP contribution in [0.4, 0.5) is 5.69 Å². The Morgan fingerprint density at radius 2 is 1.95 bits per heavy atom. The summed E-state index contributed by atoms with van der Waals surface area (Å²) in [6, 6.07) is 8.14. The van der Waals surface area contributed by atoms with Crippen molar-refractivity contribution in [2.75, 3.05) is 5.32 Å². The lowest BCUT2D eigenvalue weighted by Crippen LogP contribution is -2.29. The molecule has 1 aromatic heterocycles. The number of benzene rings is 1. The monoisotopic (exact) mass is 287 g/mol. The molecule has 0 fully saturated rings. The molecule has 0 radical (unpaired) electrons. The summed E-state index contributed by atoms with van der Waals surface area (Å²) in [7, 11) is 0. The summed E-state index contributed by atoms with van der Waals surface area (Å²) in [6.45, 7) is 3.99. The molecule has 0 saturated heterocycles. The van der Waals surface area contributed by atoms with Gasteiger partial charge in [-0.15, -0.1) is 0 Å². The molecule has 2 aromatic rings. The summed E-state index contributed by atoms with van der Waals surface area (Å²) in [5.41, 5.74) is 2.08. The van der Waals surface area contributed by atoms with Crippen LogP contribution in [0.2, 0.25) is 0 Å². The lowest BCUT2D eigenvalue weighted by atomic mass is 10.1. The first-order valence-electron chi connectivity index (χ1n) is 6.63. The second kappa shape index (κ2) is 6.21. The molecule has 2 rings (SSSR count). The molecule has 1 amide bonds. The van der Waals surface area contributed by atoms with Crippen molar-refractivity contribution in [2.45, 2.75) is 26.8 Å². The summed E-state index contributed by atoms with van der Waals surface area (Å²) in [6.07, 6.45) is 0.104. The first kappa shape index (κ1) is 14.8. The highest BCUT2D eigenvalue weighted by molar-refractivity contribution is 5.91. The quantitative estimate of drug-likeness (QED) is 0.885. The van der Waals surface area contributed by atoms with E-state index < -0.39 is 0 Å². The standard InChI is InChI=1S/C15H17N3O3/c1-10-3-4-11(2)12(9-10)16-13(19)7-8-18-15(21)6-5-14(20)17-18/h3-6,9H,7-8H2,1-2H3,(H,16,19)(H,17,20). The molecular weight excluding hydrogens is 270 g/mol. The average Bonchev–Trinajstić information content (AvgIpc) is 2.44. The molecule has 21 heavy (non-hydrogen) atoms. The Hall–Kier alpha value is -2.63. The zero-order valence-electron chi connectivity index (χ0n) is 12.0. The number of rotatable bonds is 4. The summed E-state index contributed by atoms with van der Waals surface area (Å²) in [5, 5.41) is 5.19. The third-order valence-electron chi connectivity index (χ3n) is 3.12. The van der Waals surface area contributed by atoms with E-state index in [4.69, 9.17) is 0 Å². The summed E-state index contributed by atoms with van der Waals surface area (Å²) < 4.78 is 1.13. The van der Waals surface area contributed by atoms with Crippen LogP contribution in [0.25, 0.3) is 0 Å². The normalized spacial score (nSPS) is 10.4. The summed E-state index contributed by atoms with van der Waals surface area (Å²) in [5.74, 6) is -0.208. The molecule has 110 valence electrons. The number of hydrogen-bond donors (Lipinski definition) is 2. The Kier molecular flexibility index (Phi) is 4.37. The topological polar surface area (TPSA) is 84.0 Å². The Morgan fingerprint density at radius 1 is 1.19 bits per heavy atom. The van der Waals surface area contributed by atoms with Gasteiger partial charge < -0.3 is 5.32 Å². The lowest BCUT2D eigenvalue weighted by molar-refractivity contribution is -0.116. The number of anilines is 1. The van der Waals surface area contributed by atoms with Gasteiger partial charge in [0.15, 0.2) is 0 Å². The minimum atomic E-state index is -0.371. The Balaban J connectivity index is 2.02. The number of hydrogen-bond acceptors (Lipinski definition) is 3. The third-order valence-corrected chi connectivity index (χ3v) is 3.12. The molecule has 6 nitrogen and oxygen atoms in total. The largest absolute Gasteiger partial charge is 0.326 e. The van der Waals surface area contributed by atoms with Crippen LogP contribution in [-0.2, 0) is 11.3 Å². The predicted octanol–water partition coefficient (Wildman–Crippen LogP) is 1.18. The summed E-state index contributed by atoms with van der Waals surface area (Å²) >= 11 is 0. The number of amides is 1. The molecule has 0 aliphatic carbocycles. The minimum absolute atomic E-state index is 0.104. The van der Waals surface area contributed by atoms with Gasteiger partial charge in [0, 0.05) is 24.2 Å². The molecule has 2 N–H and O–H groups in total. The second-order valence-corrected chi connectivity index (χ2v) is 4.92. The van der Waals surface area contributed by atoms with E-state index in [9.17, 15) is 14.4 Å². The molecule has 0 unspecified atom stereocenters. The van der Waals surface area contributed by atoms with Crippen LogP contribution >= 0.6 is 0 Å². The molecule has 1 heterocycles. The second-order valence-electron chi connectivity index (χ2n) is 4.92. The summed E-state index contributed by atoms with van der Waals surface area (Å²) in [4.78, 5) is 34.6. The van der Waals surface area contributed by atoms with Crippen LogP contribution in [0.1, 0.15) is 17.5 Å². The average molecular weight is 287 g/mol. The van der Waals surface area contributed by atoms with Crippen molar-refractivity contribution < 1.29 is 4.79 Å². The fourth-order valence-corrected chi connectivity index (χ4v) is 1.92. The predicted molar refractivity (Wildman–Crippen MR) is 80.5 cm³/mol. The van der Waals surface area contributed by atoms with E-state index in [0.717, 1.165) is 27.6 Å². The molecule has 0 aliphatic rings. The maximum absolute atomic E-state index is 11.9. The van der Waals surface area contributed by atoms with Crippen molar-refractivity contribution in [2.24, 2.45) is 0 Å². The van der Waals surface area contributed by atoms with Crippen molar-refractivity contribution in [1.29, 1.82) is 0 Å². The molecule has 6 heteroatoms. The van der Waals surface area contributed by atoms with Gasteiger partial charge in [-0.25, -0.2) is 4.68 Å². The van der Waals surface area contributed by atoms with E-state index in [-0.39, 0.29) is 30.0 Å². The first-order valence-corrected chi connectivity index (χ1v) is 6.63. The highest BCUT2D eigenvalue weighted by Gasteiger charge is 2.06. The zero-order chi connectivity index (χ0) is 15.4. The maximum Gasteiger partial charge on any atom is 0.265 e. The Labute approximate surface area is 121 Å². The van der Waals surface area contributed by atoms with Crippen molar-refractivity contribution in [1.82, 2.24) is 9.78 Å². The Morgan fingerprint density at radius 3 is 2.71 bits per heavy atom. The van der Waals surface area contributed by atoms with Gasteiger partial charge in [0.05, 0.1) is 6.54 Å². The van der Waals surface area contributed by atoms with E-state index >= 15 is 0 Å². The number of aryl methyl sites for hydroxylation is 3. The van der Waals surface area contributed by atoms with Gasteiger partial charge in [-0.1, -0.05) is 12.1 Å². The van der Waals surface area contributed by atoms with Gasteiger partial charge >= 0.3 is 0 Å². The van der Waals surface area contributed by atoms with Crippen molar-refractivity contribution >= 4 is 11.6 Å². The van der Waals surface area contributed by atoms with E-state index in [1.165, 1.54) is 6.07 Å². The van der Waals surface area contributed by atoms with Gasteiger partial charge in [-0.05, 0) is 31.0 Å². The van der Waals surface area contributed by atoms with Gasteiger partial charge in [-0.2, -0.15) is 0 Å². The van der Waals surface area contributed by atoms with Crippen molar-refractivity contribution in [3.8, 4) is 0 Å². The minimum Gasteiger partial charge on any atom is -0.326 e. The molecule has 0 aliphatic heterocycles. The highest BCUT2D eigenvalue weighted by Crippen LogP contribution is 2.16. The number of nitrogens with zero attached hydrogens (tertiary/aromatic N) is 1. The van der Waals surface area contributed by atoms with Gasteiger partial charge in [0.1, 0.15) is 0 Å². The molecule has 0 bridgehead atoms. The van der Waals surface area contributed by atoms with Crippen molar-refractivity contribution in [3.63, 3.8) is 0 Å². The maximum atomic E-state index is 11.9. The van der Waals surface area contributed by atoms with Crippen LogP contribution in [0.5, 0.6) is 0 Å². The first-order chi connectivity index (χ1) is 9.95. The van der Waals surface area contributed by atoms with Crippen LogP contribution < -0.4 is 16.4 Å². The van der Waals surface area contributed by atoms with Crippen LogP contribution in [0, 0.1) is 13.8 Å². The van der Waals surface area contributed by atoms with Crippen molar-refractivity contribution in [3.05, 3.63) is 62.2 Å². The zero-order valence-corrected chi connectivity index (χ0v) is 12.0. The number of carbonyl (C=O) groups is 1. The van der Waals surface area contributed by atoms with Crippen LogP contribution in [0.15, 0.2) is 39.9 Å². The van der Waals surface area contributed by atoms with Gasteiger partial charge in [0.25, 0.3) is 11.1 Å². The fraction of sp³-hybridized carbons (Fsp3) is 0.267. The van der Waals surface area contributed by atoms with E-state index in [1.807, 2.05) is 32.0 Å². The number of H-pyrrole nitrogens is 1. The van der Waals surface area contributed by atoms with E-state index in [1.54, 1.807) is 0 Å². The molecule has 0 saturated carbocycles. The Bertz CT molecular complexity index is 774.